The van der Waals surface area contributed by atoms with Crippen molar-refractivity contribution in [1.82, 2.24) is 10.2 Å². The SMILES string of the molecule is O=C1CC/C=C\CC2CNCCN12. The zero-order chi connectivity index (χ0) is 9.10. The smallest absolute Gasteiger partial charge is 0.223 e. The van der Waals surface area contributed by atoms with E-state index in [1.807, 2.05) is 4.90 Å². The summed E-state index contributed by atoms with van der Waals surface area (Å²) in [5.74, 6) is 0.329. The van der Waals surface area contributed by atoms with Crippen molar-refractivity contribution in [1.29, 1.82) is 0 Å². The van der Waals surface area contributed by atoms with Gasteiger partial charge in [0.15, 0.2) is 0 Å². The van der Waals surface area contributed by atoms with Gasteiger partial charge in [-0.1, -0.05) is 12.2 Å². The topological polar surface area (TPSA) is 32.3 Å². The highest BCUT2D eigenvalue weighted by Gasteiger charge is 2.25. The number of carbonyl (C=O) groups excluding carboxylic acids is 1. The Morgan fingerprint density at radius 2 is 2.38 bits per heavy atom. The first-order valence-electron chi connectivity index (χ1n) is 5.03. The lowest BCUT2D eigenvalue weighted by molar-refractivity contribution is -0.134. The number of nitrogens with zero attached hydrogens (tertiary/aromatic N) is 1. The van der Waals surface area contributed by atoms with Gasteiger partial charge in [0.2, 0.25) is 5.91 Å². The molecule has 2 aliphatic rings. The van der Waals surface area contributed by atoms with Gasteiger partial charge in [-0.25, -0.2) is 0 Å². The lowest BCUT2D eigenvalue weighted by Crippen LogP contribution is -2.53. The van der Waals surface area contributed by atoms with Crippen molar-refractivity contribution < 1.29 is 4.79 Å². The van der Waals surface area contributed by atoms with Gasteiger partial charge in [0.1, 0.15) is 0 Å². The van der Waals surface area contributed by atoms with Crippen molar-refractivity contribution in [2.75, 3.05) is 19.6 Å². The third kappa shape index (κ3) is 1.91. The molecular formula is C10H16N2O. The molecule has 2 aliphatic heterocycles. The van der Waals surface area contributed by atoms with Crippen LogP contribution in [0, 0.1) is 0 Å². The van der Waals surface area contributed by atoms with Crippen LogP contribution in [0.1, 0.15) is 19.3 Å². The Balaban J connectivity index is 2.09. The summed E-state index contributed by atoms with van der Waals surface area (Å²) in [5, 5.41) is 3.32. The van der Waals surface area contributed by atoms with E-state index in [2.05, 4.69) is 17.5 Å². The van der Waals surface area contributed by atoms with Crippen molar-refractivity contribution >= 4 is 5.91 Å². The highest BCUT2D eigenvalue weighted by Crippen LogP contribution is 2.14. The van der Waals surface area contributed by atoms with Crippen molar-refractivity contribution in [2.45, 2.75) is 25.3 Å². The van der Waals surface area contributed by atoms with Gasteiger partial charge in [-0.15, -0.1) is 0 Å². The van der Waals surface area contributed by atoms with Gasteiger partial charge in [-0.2, -0.15) is 0 Å². The van der Waals surface area contributed by atoms with E-state index in [9.17, 15) is 4.79 Å². The average molecular weight is 180 g/mol. The minimum absolute atomic E-state index is 0.329. The molecule has 0 aromatic carbocycles. The second-order valence-corrected chi connectivity index (χ2v) is 3.69. The molecule has 1 N–H and O–H groups in total. The molecular weight excluding hydrogens is 164 g/mol. The van der Waals surface area contributed by atoms with E-state index >= 15 is 0 Å². The first-order chi connectivity index (χ1) is 6.38. The molecule has 2 rings (SSSR count). The molecule has 1 atom stereocenters. The molecule has 0 bridgehead atoms. The lowest BCUT2D eigenvalue weighted by atomic mass is 10.1. The molecule has 0 saturated carbocycles. The maximum Gasteiger partial charge on any atom is 0.223 e. The molecule has 0 aromatic rings. The van der Waals surface area contributed by atoms with Crippen LogP contribution >= 0.6 is 0 Å². The van der Waals surface area contributed by atoms with Gasteiger partial charge < -0.3 is 10.2 Å². The average Bonchev–Trinajstić information content (AvgIpc) is 2.14. The fourth-order valence-corrected chi connectivity index (χ4v) is 2.02. The molecule has 1 saturated heterocycles. The van der Waals surface area contributed by atoms with E-state index in [-0.39, 0.29) is 0 Å². The lowest BCUT2D eigenvalue weighted by Gasteiger charge is -2.36. The second kappa shape index (κ2) is 3.92. The van der Waals surface area contributed by atoms with E-state index in [1.165, 1.54) is 0 Å². The molecule has 3 nitrogen and oxygen atoms in total. The first kappa shape index (κ1) is 8.75. The number of hydrogen-bond acceptors (Lipinski definition) is 2. The summed E-state index contributed by atoms with van der Waals surface area (Å²) in [6.07, 6.45) is 6.95. The minimum atomic E-state index is 0.329. The third-order valence-corrected chi connectivity index (χ3v) is 2.77. The monoisotopic (exact) mass is 180 g/mol. The van der Waals surface area contributed by atoms with Gasteiger partial charge in [-0.05, 0) is 12.8 Å². The largest absolute Gasteiger partial charge is 0.337 e. The van der Waals surface area contributed by atoms with Crippen LogP contribution in [0.4, 0.5) is 0 Å². The van der Waals surface area contributed by atoms with Gasteiger partial charge in [-0.3, -0.25) is 4.79 Å². The summed E-state index contributed by atoms with van der Waals surface area (Å²) >= 11 is 0. The molecule has 0 aliphatic carbocycles. The second-order valence-electron chi connectivity index (χ2n) is 3.69. The van der Waals surface area contributed by atoms with Gasteiger partial charge >= 0.3 is 0 Å². The normalized spacial score (nSPS) is 31.8. The molecule has 1 amide bonds. The summed E-state index contributed by atoms with van der Waals surface area (Å²) in [6, 6.07) is 0.401. The molecule has 1 fully saturated rings. The van der Waals surface area contributed by atoms with Crippen LogP contribution in [-0.4, -0.2) is 36.5 Å². The Bertz CT molecular complexity index is 225. The summed E-state index contributed by atoms with van der Waals surface area (Å²) in [6.45, 7) is 2.79. The predicted molar refractivity (Wildman–Crippen MR) is 51.4 cm³/mol. The van der Waals surface area contributed by atoms with E-state index in [1.54, 1.807) is 0 Å². The molecule has 72 valence electrons. The Morgan fingerprint density at radius 1 is 1.46 bits per heavy atom. The van der Waals surface area contributed by atoms with Gasteiger partial charge in [0, 0.05) is 32.1 Å². The van der Waals surface area contributed by atoms with Crippen LogP contribution in [0.15, 0.2) is 12.2 Å². The number of fused-ring (bicyclic) bond motifs is 1. The first-order valence-corrected chi connectivity index (χ1v) is 5.03. The Hall–Kier alpha value is -0.830. The quantitative estimate of drug-likeness (QED) is 0.551. The van der Waals surface area contributed by atoms with Crippen LogP contribution in [-0.2, 0) is 4.79 Å². The van der Waals surface area contributed by atoms with Crippen molar-refractivity contribution in [3.8, 4) is 0 Å². The highest BCUT2D eigenvalue weighted by molar-refractivity contribution is 5.77. The van der Waals surface area contributed by atoms with Gasteiger partial charge in [0.05, 0.1) is 0 Å². The third-order valence-electron chi connectivity index (χ3n) is 2.77. The molecule has 0 radical (unpaired) electrons. The van der Waals surface area contributed by atoms with Gasteiger partial charge in [0.25, 0.3) is 0 Å². The Labute approximate surface area is 78.8 Å². The fraction of sp³-hybridized carbons (Fsp3) is 0.700. The summed E-state index contributed by atoms with van der Waals surface area (Å²) < 4.78 is 0. The fourth-order valence-electron chi connectivity index (χ4n) is 2.02. The van der Waals surface area contributed by atoms with Crippen molar-refractivity contribution in [2.24, 2.45) is 0 Å². The summed E-state index contributed by atoms with van der Waals surface area (Å²) in [7, 11) is 0. The number of hydrogen-bond donors (Lipinski definition) is 1. The van der Waals surface area contributed by atoms with Crippen LogP contribution in [0.25, 0.3) is 0 Å². The van der Waals surface area contributed by atoms with Crippen LogP contribution in [0.2, 0.25) is 0 Å². The Kier molecular flexibility index (Phi) is 2.64. The van der Waals surface area contributed by atoms with Crippen LogP contribution < -0.4 is 5.32 Å². The number of rotatable bonds is 0. The maximum absolute atomic E-state index is 11.7. The van der Waals surface area contributed by atoms with Crippen LogP contribution in [0.3, 0.4) is 0 Å². The zero-order valence-corrected chi connectivity index (χ0v) is 7.83. The number of nitrogens with one attached hydrogen (secondary N) is 1. The number of piperazine rings is 1. The molecule has 13 heavy (non-hydrogen) atoms. The predicted octanol–water partition coefficient (Wildman–Crippen LogP) is 0.527. The maximum atomic E-state index is 11.7. The molecule has 0 spiro atoms. The number of allylic oxidation sites excluding steroid dienone is 1. The summed E-state index contributed by atoms with van der Waals surface area (Å²) in [5.41, 5.74) is 0. The van der Waals surface area contributed by atoms with E-state index < -0.39 is 0 Å². The summed E-state index contributed by atoms with van der Waals surface area (Å²) in [4.78, 5) is 13.7. The minimum Gasteiger partial charge on any atom is -0.337 e. The highest BCUT2D eigenvalue weighted by atomic mass is 16.2. The Morgan fingerprint density at radius 3 is 3.31 bits per heavy atom. The van der Waals surface area contributed by atoms with Crippen LogP contribution in [0.5, 0.6) is 0 Å². The molecule has 3 heteroatoms. The van der Waals surface area contributed by atoms with Crippen molar-refractivity contribution in [3.05, 3.63) is 12.2 Å². The van der Waals surface area contributed by atoms with E-state index in [0.717, 1.165) is 32.5 Å². The zero-order valence-electron chi connectivity index (χ0n) is 7.83. The number of amides is 1. The van der Waals surface area contributed by atoms with Crippen molar-refractivity contribution in [3.63, 3.8) is 0 Å². The standard InChI is InChI=1S/C10H16N2O/c13-10-5-3-1-2-4-9-8-11-6-7-12(9)10/h1-2,9,11H,3-8H2/b2-1-. The number of carbonyl (C=O) groups is 1. The molecule has 0 aromatic heterocycles. The van der Waals surface area contributed by atoms with E-state index in [0.29, 0.717) is 18.4 Å². The molecule has 1 unspecified atom stereocenters. The molecule has 2 heterocycles. The van der Waals surface area contributed by atoms with E-state index in [4.69, 9.17) is 0 Å².